The number of amides is 2. The average Bonchev–Trinajstić information content (AvgIpc) is 2.90. The fourth-order valence-electron chi connectivity index (χ4n) is 4.81. The Morgan fingerprint density at radius 1 is 0.919 bits per heavy atom. The number of carbonyl (C=O) groups is 2. The van der Waals surface area contributed by atoms with Crippen molar-refractivity contribution in [1.82, 2.24) is 10.2 Å². The van der Waals surface area contributed by atoms with Crippen molar-refractivity contribution in [2.45, 2.75) is 63.6 Å². The van der Waals surface area contributed by atoms with E-state index < -0.39 is 6.04 Å². The van der Waals surface area contributed by atoms with Crippen LogP contribution in [0.25, 0.3) is 0 Å². The summed E-state index contributed by atoms with van der Waals surface area (Å²) in [7, 11) is 0. The quantitative estimate of drug-likeness (QED) is 0.325. The van der Waals surface area contributed by atoms with Gasteiger partial charge in [-0.15, -0.1) is 0 Å². The molecule has 2 amide bonds. The molecule has 0 aliphatic heterocycles. The Bertz CT molecular complexity index is 1200. The maximum Gasteiger partial charge on any atom is 0.243 e. The molecule has 0 unspecified atom stereocenters. The maximum absolute atomic E-state index is 13.8. The number of nitrogens with one attached hydrogen (secondary N) is 1. The first-order valence-corrected chi connectivity index (χ1v) is 13.5. The molecule has 3 aromatic carbocycles. The van der Waals surface area contributed by atoms with Gasteiger partial charge in [0.05, 0.1) is 6.42 Å². The Labute approximate surface area is 227 Å². The summed E-state index contributed by atoms with van der Waals surface area (Å²) in [4.78, 5) is 29.2. The first-order chi connectivity index (χ1) is 17.9. The zero-order valence-electron chi connectivity index (χ0n) is 20.6. The van der Waals surface area contributed by atoms with Gasteiger partial charge in [0.15, 0.2) is 0 Å². The molecule has 3 aromatic rings. The molecule has 1 fully saturated rings. The summed E-state index contributed by atoms with van der Waals surface area (Å²) in [5.41, 5.74) is 2.32. The molecule has 1 aliphatic carbocycles. The Kier molecular flexibility index (Phi) is 9.59. The van der Waals surface area contributed by atoms with Crippen LogP contribution in [0.5, 0.6) is 0 Å². The SMILES string of the molecule is O=C(NC1CCCCC1)[C@@H](Cc1ccccc1)N(Cc1ccc(F)cc1)C(=O)Cc1ccc(Cl)cc1Cl. The van der Waals surface area contributed by atoms with E-state index in [9.17, 15) is 14.0 Å². The minimum absolute atomic E-state index is 0.0131. The molecule has 0 aromatic heterocycles. The van der Waals surface area contributed by atoms with Crippen molar-refractivity contribution in [3.05, 3.63) is 105 Å². The minimum Gasteiger partial charge on any atom is -0.352 e. The van der Waals surface area contributed by atoms with Gasteiger partial charge in [-0.2, -0.15) is 0 Å². The van der Waals surface area contributed by atoms with Crippen LogP contribution in [0.4, 0.5) is 4.39 Å². The van der Waals surface area contributed by atoms with E-state index in [-0.39, 0.29) is 36.6 Å². The second-order valence-corrected chi connectivity index (χ2v) is 10.5. The van der Waals surface area contributed by atoms with E-state index in [1.54, 1.807) is 35.2 Å². The second kappa shape index (κ2) is 13.1. The minimum atomic E-state index is -0.743. The molecule has 37 heavy (non-hydrogen) atoms. The number of rotatable bonds is 9. The highest BCUT2D eigenvalue weighted by Crippen LogP contribution is 2.24. The summed E-state index contributed by atoms with van der Waals surface area (Å²) in [5, 5.41) is 4.10. The fraction of sp³-hybridized carbons (Fsp3) is 0.333. The molecule has 1 saturated carbocycles. The molecule has 7 heteroatoms. The normalized spacial score (nSPS) is 14.7. The number of hydrogen-bond donors (Lipinski definition) is 1. The van der Waals surface area contributed by atoms with Crippen molar-refractivity contribution in [2.75, 3.05) is 0 Å². The Hall–Kier alpha value is -2.89. The summed E-state index contributed by atoms with van der Waals surface area (Å²) in [5.74, 6) is -0.771. The molecule has 0 bridgehead atoms. The Morgan fingerprint density at radius 2 is 1.62 bits per heavy atom. The van der Waals surface area contributed by atoms with Gasteiger partial charge in [-0.05, 0) is 53.8 Å². The molecule has 194 valence electrons. The van der Waals surface area contributed by atoms with Gasteiger partial charge in [0, 0.05) is 29.1 Å². The summed E-state index contributed by atoms with van der Waals surface area (Å²) < 4.78 is 13.6. The molecular weight excluding hydrogens is 510 g/mol. The zero-order valence-corrected chi connectivity index (χ0v) is 22.1. The van der Waals surface area contributed by atoms with Crippen LogP contribution in [0.1, 0.15) is 48.8 Å². The molecule has 4 nitrogen and oxygen atoms in total. The first kappa shape index (κ1) is 27.2. The maximum atomic E-state index is 13.8. The second-order valence-electron chi connectivity index (χ2n) is 9.61. The van der Waals surface area contributed by atoms with Crippen molar-refractivity contribution in [3.8, 4) is 0 Å². The van der Waals surface area contributed by atoms with Crippen LogP contribution >= 0.6 is 23.2 Å². The summed E-state index contributed by atoms with van der Waals surface area (Å²) in [6.07, 6.45) is 5.60. The first-order valence-electron chi connectivity index (χ1n) is 12.7. The van der Waals surface area contributed by atoms with Crippen LogP contribution < -0.4 is 5.32 Å². The Balaban J connectivity index is 1.66. The highest BCUT2D eigenvalue weighted by Gasteiger charge is 2.32. The summed E-state index contributed by atoms with van der Waals surface area (Å²) >= 11 is 12.4. The van der Waals surface area contributed by atoms with Crippen LogP contribution in [0.2, 0.25) is 10.0 Å². The lowest BCUT2D eigenvalue weighted by atomic mass is 9.94. The Morgan fingerprint density at radius 3 is 2.30 bits per heavy atom. The lowest BCUT2D eigenvalue weighted by Crippen LogP contribution is -2.53. The van der Waals surface area contributed by atoms with Crippen molar-refractivity contribution in [2.24, 2.45) is 0 Å². The molecular formula is C30H31Cl2FN2O2. The van der Waals surface area contributed by atoms with Crippen molar-refractivity contribution in [1.29, 1.82) is 0 Å². The fourth-order valence-corrected chi connectivity index (χ4v) is 5.29. The summed E-state index contributed by atoms with van der Waals surface area (Å²) in [6, 6.07) is 20.1. The molecule has 1 aliphatic rings. The lowest BCUT2D eigenvalue weighted by molar-refractivity contribution is -0.141. The van der Waals surface area contributed by atoms with Gasteiger partial charge < -0.3 is 10.2 Å². The lowest BCUT2D eigenvalue weighted by Gasteiger charge is -2.33. The molecule has 4 rings (SSSR count). The highest BCUT2D eigenvalue weighted by atomic mass is 35.5. The van der Waals surface area contributed by atoms with Crippen LogP contribution in [-0.2, 0) is 29.0 Å². The predicted molar refractivity (Wildman–Crippen MR) is 146 cm³/mol. The largest absolute Gasteiger partial charge is 0.352 e. The number of hydrogen-bond acceptors (Lipinski definition) is 2. The molecule has 0 heterocycles. The molecule has 0 radical (unpaired) electrons. The number of halogens is 3. The van der Waals surface area contributed by atoms with Gasteiger partial charge in [0.2, 0.25) is 11.8 Å². The number of nitrogens with zero attached hydrogens (tertiary/aromatic N) is 1. The van der Waals surface area contributed by atoms with Crippen LogP contribution in [0, 0.1) is 5.82 Å². The van der Waals surface area contributed by atoms with E-state index >= 15 is 0 Å². The molecule has 0 saturated heterocycles. The van der Waals surface area contributed by atoms with E-state index in [0.717, 1.165) is 36.8 Å². The van der Waals surface area contributed by atoms with Gasteiger partial charge >= 0.3 is 0 Å². The van der Waals surface area contributed by atoms with Crippen LogP contribution in [-0.4, -0.2) is 28.8 Å². The van der Waals surface area contributed by atoms with E-state index in [4.69, 9.17) is 23.2 Å². The topological polar surface area (TPSA) is 49.4 Å². The third-order valence-corrected chi connectivity index (χ3v) is 7.43. The molecule has 0 spiro atoms. The van der Waals surface area contributed by atoms with Crippen molar-refractivity contribution >= 4 is 35.0 Å². The molecule has 1 N–H and O–H groups in total. The standard InChI is InChI=1S/C30H31Cl2FN2O2/c31-24-14-13-23(27(32)19-24)18-29(36)35(20-22-11-15-25(33)16-12-22)28(17-21-7-3-1-4-8-21)30(37)34-26-9-5-2-6-10-26/h1,3-4,7-8,11-16,19,26,28H,2,5-6,9-10,17-18,20H2,(H,34,37)/t28-/m1/s1. The van der Waals surface area contributed by atoms with Gasteiger partial charge in [-0.1, -0.05) is 91.0 Å². The third kappa shape index (κ3) is 7.80. The van der Waals surface area contributed by atoms with Crippen LogP contribution in [0.3, 0.4) is 0 Å². The van der Waals surface area contributed by atoms with Crippen LogP contribution in [0.15, 0.2) is 72.8 Å². The van der Waals surface area contributed by atoms with Gasteiger partial charge in [0.25, 0.3) is 0 Å². The van der Waals surface area contributed by atoms with E-state index in [0.29, 0.717) is 22.0 Å². The van der Waals surface area contributed by atoms with Gasteiger partial charge in [0.1, 0.15) is 11.9 Å². The monoisotopic (exact) mass is 540 g/mol. The predicted octanol–water partition coefficient (Wildman–Crippen LogP) is 6.76. The smallest absolute Gasteiger partial charge is 0.243 e. The van der Waals surface area contributed by atoms with E-state index in [2.05, 4.69) is 5.32 Å². The zero-order chi connectivity index (χ0) is 26.2. The average molecular weight is 541 g/mol. The molecule has 1 atom stereocenters. The number of carbonyl (C=O) groups excluding carboxylic acids is 2. The highest BCUT2D eigenvalue weighted by molar-refractivity contribution is 6.35. The number of benzene rings is 3. The third-order valence-electron chi connectivity index (χ3n) is 6.85. The summed E-state index contributed by atoms with van der Waals surface area (Å²) in [6.45, 7) is 0.167. The van der Waals surface area contributed by atoms with E-state index in [1.165, 1.54) is 18.6 Å². The van der Waals surface area contributed by atoms with Crippen molar-refractivity contribution in [3.63, 3.8) is 0 Å². The van der Waals surface area contributed by atoms with E-state index in [1.807, 2.05) is 30.3 Å². The van der Waals surface area contributed by atoms with Gasteiger partial charge in [-0.25, -0.2) is 4.39 Å². The van der Waals surface area contributed by atoms with Crippen molar-refractivity contribution < 1.29 is 14.0 Å². The van der Waals surface area contributed by atoms with Gasteiger partial charge in [-0.3, -0.25) is 9.59 Å².